The maximum atomic E-state index is 13.9. The van der Waals surface area contributed by atoms with E-state index in [0.717, 1.165) is 6.07 Å². The molecule has 3 N–H and O–H groups in total. The van der Waals surface area contributed by atoms with E-state index in [1.54, 1.807) is 6.92 Å². The topological polar surface area (TPSA) is 83.4 Å². The van der Waals surface area contributed by atoms with Crippen molar-refractivity contribution < 1.29 is 27.2 Å². The molecule has 1 aliphatic rings. The molecular weight excluding hydrogens is 387 g/mol. The summed E-state index contributed by atoms with van der Waals surface area (Å²) in [6.07, 6.45) is 0.727. The average molecular weight is 404 g/mol. The highest BCUT2D eigenvalue weighted by Gasteiger charge is 2.42. The molecule has 1 aliphatic heterocycles. The number of hydrogen-bond acceptors (Lipinski definition) is 4. The molecular formula is C17H17ClF3N3O3. The van der Waals surface area contributed by atoms with E-state index in [9.17, 15) is 22.8 Å². The first-order valence-electron chi connectivity index (χ1n) is 7.82. The molecule has 1 fully saturated rings. The van der Waals surface area contributed by atoms with Gasteiger partial charge in [0.25, 0.3) is 11.8 Å². The molecule has 0 saturated carbocycles. The minimum absolute atomic E-state index is 0. The molecule has 0 aliphatic carbocycles. The van der Waals surface area contributed by atoms with Crippen LogP contribution in [0.5, 0.6) is 0 Å². The zero-order valence-electron chi connectivity index (χ0n) is 14.1. The van der Waals surface area contributed by atoms with Gasteiger partial charge in [-0.15, -0.1) is 12.4 Å². The molecule has 1 unspecified atom stereocenters. The predicted molar refractivity (Wildman–Crippen MR) is 95.0 cm³/mol. The summed E-state index contributed by atoms with van der Waals surface area (Å²) in [4.78, 5) is 24.2. The monoisotopic (exact) mass is 403 g/mol. The van der Waals surface area contributed by atoms with Crippen LogP contribution in [0, 0.1) is 12.7 Å². The molecule has 0 radical (unpaired) electrons. The molecule has 1 aromatic heterocycles. The summed E-state index contributed by atoms with van der Waals surface area (Å²) in [5.74, 6) is -4.50. The number of halogens is 4. The van der Waals surface area contributed by atoms with Crippen molar-refractivity contribution in [3.05, 3.63) is 47.7 Å². The summed E-state index contributed by atoms with van der Waals surface area (Å²) in [6.45, 7) is 1.02. The number of nitrogens with one attached hydrogen (secondary N) is 3. The van der Waals surface area contributed by atoms with Crippen LogP contribution in [0.4, 0.5) is 24.5 Å². The van der Waals surface area contributed by atoms with E-state index < -0.39 is 42.6 Å². The van der Waals surface area contributed by atoms with Crippen LogP contribution < -0.4 is 16.0 Å². The van der Waals surface area contributed by atoms with Gasteiger partial charge in [-0.05, 0) is 31.2 Å². The predicted octanol–water partition coefficient (Wildman–Crippen LogP) is 3.34. The normalized spacial score (nSPS) is 17.9. The largest absolute Gasteiger partial charge is 0.469 e. The summed E-state index contributed by atoms with van der Waals surface area (Å²) in [5.41, 5.74) is 0.266. The van der Waals surface area contributed by atoms with Gasteiger partial charge in [-0.2, -0.15) is 0 Å². The molecule has 1 atom stereocenters. The summed E-state index contributed by atoms with van der Waals surface area (Å²) in [5, 5.41) is 7.26. The highest BCUT2D eigenvalue weighted by Crippen LogP contribution is 2.26. The number of anilines is 2. The van der Waals surface area contributed by atoms with Gasteiger partial charge in [0, 0.05) is 12.1 Å². The number of rotatable bonds is 4. The fourth-order valence-corrected chi connectivity index (χ4v) is 2.64. The molecule has 1 saturated heterocycles. The van der Waals surface area contributed by atoms with Crippen LogP contribution >= 0.6 is 12.4 Å². The Bertz CT molecular complexity index is 857. The second kappa shape index (κ2) is 8.01. The Morgan fingerprint density at radius 2 is 2.00 bits per heavy atom. The van der Waals surface area contributed by atoms with Gasteiger partial charge in [-0.25, -0.2) is 13.2 Å². The van der Waals surface area contributed by atoms with Gasteiger partial charge in [-0.3, -0.25) is 14.9 Å². The number of carbonyl (C=O) groups is 2. The van der Waals surface area contributed by atoms with Crippen molar-refractivity contribution in [3.8, 4) is 0 Å². The fourth-order valence-electron chi connectivity index (χ4n) is 2.64. The number of amides is 2. The first kappa shape index (κ1) is 20.8. The zero-order valence-corrected chi connectivity index (χ0v) is 15.0. The van der Waals surface area contributed by atoms with Crippen LogP contribution in [0.1, 0.15) is 22.5 Å². The Hall–Kier alpha value is -2.52. The van der Waals surface area contributed by atoms with E-state index in [2.05, 4.69) is 16.0 Å². The minimum Gasteiger partial charge on any atom is -0.469 e. The number of hydrogen-bond donors (Lipinski definition) is 3. The number of carbonyl (C=O) groups excluding carboxylic acids is 2. The molecule has 6 nitrogen and oxygen atoms in total. The van der Waals surface area contributed by atoms with Gasteiger partial charge in [0.1, 0.15) is 11.6 Å². The lowest BCUT2D eigenvalue weighted by atomic mass is 10.1. The maximum Gasteiger partial charge on any atom is 0.262 e. The van der Waals surface area contributed by atoms with Gasteiger partial charge < -0.3 is 15.1 Å². The highest BCUT2D eigenvalue weighted by atomic mass is 35.5. The molecule has 2 heterocycles. The molecule has 2 amide bonds. The lowest BCUT2D eigenvalue weighted by molar-refractivity contribution is -0.118. The fraction of sp³-hybridized carbons (Fsp3) is 0.294. The SMILES string of the molecule is Cc1occc1C(=O)Nc1cc(NC(=O)C2CC(F)(F)CN2)ccc1F.Cl. The number of aryl methyl sites for hydroxylation is 1. The summed E-state index contributed by atoms with van der Waals surface area (Å²) in [7, 11) is 0. The van der Waals surface area contributed by atoms with Gasteiger partial charge in [0.2, 0.25) is 5.91 Å². The third-order valence-electron chi connectivity index (χ3n) is 4.01. The molecule has 1 aromatic carbocycles. The summed E-state index contributed by atoms with van der Waals surface area (Å²) >= 11 is 0. The highest BCUT2D eigenvalue weighted by molar-refractivity contribution is 6.05. The van der Waals surface area contributed by atoms with E-state index in [4.69, 9.17) is 4.42 Å². The van der Waals surface area contributed by atoms with Crippen molar-refractivity contribution in [1.29, 1.82) is 0 Å². The van der Waals surface area contributed by atoms with E-state index in [1.807, 2.05) is 0 Å². The van der Waals surface area contributed by atoms with Crippen LogP contribution in [-0.2, 0) is 4.79 Å². The second-order valence-electron chi connectivity index (χ2n) is 6.02. The molecule has 10 heteroatoms. The van der Waals surface area contributed by atoms with Crippen LogP contribution in [0.2, 0.25) is 0 Å². The first-order chi connectivity index (χ1) is 12.2. The molecule has 27 heavy (non-hydrogen) atoms. The van der Waals surface area contributed by atoms with Crippen molar-refractivity contribution >= 4 is 35.6 Å². The van der Waals surface area contributed by atoms with Crippen molar-refractivity contribution in [2.45, 2.75) is 25.3 Å². The van der Waals surface area contributed by atoms with Crippen LogP contribution in [-0.4, -0.2) is 30.3 Å². The van der Waals surface area contributed by atoms with Crippen molar-refractivity contribution in [2.24, 2.45) is 0 Å². The molecule has 0 spiro atoms. The standard InChI is InChI=1S/C17H16F3N3O3.ClH/c1-9-11(4-5-26-9)15(24)23-13-6-10(2-3-12(13)18)22-16(25)14-7-17(19,20)8-21-14;/h2-6,14,21H,7-8H2,1H3,(H,22,25)(H,23,24);1H. The van der Waals surface area contributed by atoms with E-state index in [1.165, 1.54) is 24.5 Å². The molecule has 2 aromatic rings. The van der Waals surface area contributed by atoms with Gasteiger partial charge >= 0.3 is 0 Å². The van der Waals surface area contributed by atoms with E-state index in [-0.39, 0.29) is 29.3 Å². The number of alkyl halides is 2. The zero-order chi connectivity index (χ0) is 18.9. The Balaban J connectivity index is 0.00000261. The van der Waals surface area contributed by atoms with Gasteiger partial charge in [-0.1, -0.05) is 0 Å². The van der Waals surface area contributed by atoms with Crippen LogP contribution in [0.25, 0.3) is 0 Å². The van der Waals surface area contributed by atoms with E-state index in [0.29, 0.717) is 5.76 Å². The van der Waals surface area contributed by atoms with E-state index >= 15 is 0 Å². The van der Waals surface area contributed by atoms with Crippen molar-refractivity contribution in [2.75, 3.05) is 17.2 Å². The smallest absolute Gasteiger partial charge is 0.262 e. The Labute approximate surface area is 158 Å². The molecule has 3 rings (SSSR count). The quantitative estimate of drug-likeness (QED) is 0.731. The van der Waals surface area contributed by atoms with Crippen molar-refractivity contribution in [3.63, 3.8) is 0 Å². The second-order valence-corrected chi connectivity index (χ2v) is 6.02. The Morgan fingerprint density at radius 1 is 1.26 bits per heavy atom. The minimum atomic E-state index is -2.94. The van der Waals surface area contributed by atoms with Crippen LogP contribution in [0.15, 0.2) is 34.9 Å². The Kier molecular flexibility index (Phi) is 6.17. The Morgan fingerprint density at radius 3 is 2.59 bits per heavy atom. The maximum absolute atomic E-state index is 13.9. The van der Waals surface area contributed by atoms with Crippen molar-refractivity contribution in [1.82, 2.24) is 5.32 Å². The number of benzene rings is 1. The third-order valence-corrected chi connectivity index (χ3v) is 4.01. The molecule has 146 valence electrons. The van der Waals surface area contributed by atoms with Gasteiger partial charge in [0.05, 0.1) is 30.1 Å². The lowest BCUT2D eigenvalue weighted by Crippen LogP contribution is -2.35. The van der Waals surface area contributed by atoms with Gasteiger partial charge in [0.15, 0.2) is 0 Å². The third kappa shape index (κ3) is 4.81. The van der Waals surface area contributed by atoms with Crippen LogP contribution in [0.3, 0.4) is 0 Å². The summed E-state index contributed by atoms with van der Waals surface area (Å²) in [6, 6.07) is 3.96. The molecule has 0 bridgehead atoms. The first-order valence-corrected chi connectivity index (χ1v) is 7.82. The lowest BCUT2D eigenvalue weighted by Gasteiger charge is -2.13. The summed E-state index contributed by atoms with van der Waals surface area (Å²) < 4.78 is 45.3. The number of furan rings is 1. The average Bonchev–Trinajstić information content (AvgIpc) is 3.16.